The van der Waals surface area contributed by atoms with Gasteiger partial charge >= 0.3 is 0 Å². The van der Waals surface area contributed by atoms with Gasteiger partial charge in [0.25, 0.3) is 0 Å². The van der Waals surface area contributed by atoms with Gasteiger partial charge in [0.1, 0.15) is 0 Å². The number of rotatable bonds is 3. The van der Waals surface area contributed by atoms with Crippen molar-refractivity contribution in [3.05, 3.63) is 22.7 Å². The Bertz CT molecular complexity index is 397. The average molecular weight is 241 g/mol. The van der Waals surface area contributed by atoms with Crippen LogP contribution in [0.1, 0.15) is 24.8 Å². The molecule has 0 atom stereocenters. The molecule has 0 heterocycles. The van der Waals surface area contributed by atoms with E-state index in [1.165, 1.54) is 0 Å². The fourth-order valence-electron chi connectivity index (χ4n) is 2.05. The van der Waals surface area contributed by atoms with E-state index >= 15 is 0 Å². The van der Waals surface area contributed by atoms with Gasteiger partial charge in [-0.25, -0.2) is 0 Å². The number of aliphatic hydroxyl groups is 1. The molecule has 1 aromatic carbocycles. The number of halogens is 1. The third kappa shape index (κ3) is 1.97. The van der Waals surface area contributed by atoms with Crippen LogP contribution in [0.5, 0.6) is 0 Å². The molecular formula is C12H17ClN2O. The lowest BCUT2D eigenvalue weighted by atomic mass is 9.77. The van der Waals surface area contributed by atoms with E-state index in [4.69, 9.17) is 17.3 Å². The van der Waals surface area contributed by atoms with Gasteiger partial charge in [0.15, 0.2) is 0 Å². The van der Waals surface area contributed by atoms with Crippen molar-refractivity contribution in [3.8, 4) is 0 Å². The molecule has 88 valence electrons. The molecule has 0 aromatic heterocycles. The molecular weight excluding hydrogens is 224 g/mol. The van der Waals surface area contributed by atoms with E-state index in [0.717, 1.165) is 30.5 Å². The molecule has 1 saturated carbocycles. The third-order valence-electron chi connectivity index (χ3n) is 3.36. The Labute approximate surface area is 101 Å². The van der Waals surface area contributed by atoms with E-state index in [0.29, 0.717) is 10.7 Å². The topological polar surface area (TPSA) is 58.3 Å². The van der Waals surface area contributed by atoms with Crippen molar-refractivity contribution >= 4 is 23.0 Å². The van der Waals surface area contributed by atoms with Crippen molar-refractivity contribution < 1.29 is 5.11 Å². The van der Waals surface area contributed by atoms with Gasteiger partial charge < -0.3 is 16.2 Å². The number of anilines is 2. The highest BCUT2D eigenvalue weighted by Crippen LogP contribution is 2.37. The molecule has 0 spiro atoms. The molecule has 0 unspecified atom stereocenters. The van der Waals surface area contributed by atoms with Crippen LogP contribution in [-0.2, 0) is 0 Å². The monoisotopic (exact) mass is 240 g/mol. The maximum Gasteiger partial charge on any atom is 0.0661 e. The number of aryl methyl sites for hydroxylation is 1. The van der Waals surface area contributed by atoms with E-state index in [9.17, 15) is 5.11 Å². The lowest BCUT2D eigenvalue weighted by Gasteiger charge is -2.42. The van der Waals surface area contributed by atoms with Crippen LogP contribution in [0.25, 0.3) is 0 Å². The Morgan fingerprint density at radius 1 is 1.50 bits per heavy atom. The van der Waals surface area contributed by atoms with Gasteiger partial charge in [-0.3, -0.25) is 0 Å². The van der Waals surface area contributed by atoms with Gasteiger partial charge in [0, 0.05) is 5.69 Å². The summed E-state index contributed by atoms with van der Waals surface area (Å²) in [5, 5.41) is 13.3. The standard InChI is InChI=1S/C12H17ClN2O/c1-8-5-10(14)9(13)6-11(8)15-12(7-16)3-2-4-12/h5-6,15-16H,2-4,7,14H2,1H3. The molecule has 0 amide bonds. The molecule has 1 fully saturated rings. The van der Waals surface area contributed by atoms with Gasteiger partial charge in [-0.05, 0) is 43.9 Å². The summed E-state index contributed by atoms with van der Waals surface area (Å²) in [5.41, 5.74) is 8.19. The summed E-state index contributed by atoms with van der Waals surface area (Å²) in [6.45, 7) is 2.15. The zero-order valence-electron chi connectivity index (χ0n) is 9.39. The molecule has 0 radical (unpaired) electrons. The first-order valence-corrected chi connectivity index (χ1v) is 5.89. The molecule has 1 aliphatic carbocycles. The second kappa shape index (κ2) is 4.15. The number of benzene rings is 1. The molecule has 4 heteroatoms. The Kier molecular flexibility index (Phi) is 3.00. The predicted molar refractivity (Wildman–Crippen MR) is 67.9 cm³/mol. The fourth-order valence-corrected chi connectivity index (χ4v) is 2.21. The largest absolute Gasteiger partial charge is 0.398 e. The van der Waals surface area contributed by atoms with E-state index in [-0.39, 0.29) is 12.1 Å². The fraction of sp³-hybridized carbons (Fsp3) is 0.500. The molecule has 2 rings (SSSR count). The van der Waals surface area contributed by atoms with Crippen LogP contribution in [0, 0.1) is 6.92 Å². The summed E-state index contributed by atoms with van der Waals surface area (Å²) in [7, 11) is 0. The van der Waals surface area contributed by atoms with E-state index < -0.39 is 0 Å². The zero-order valence-corrected chi connectivity index (χ0v) is 10.1. The van der Waals surface area contributed by atoms with Crippen molar-refractivity contribution in [3.63, 3.8) is 0 Å². The van der Waals surface area contributed by atoms with Crippen molar-refractivity contribution in [1.29, 1.82) is 0 Å². The second-order valence-corrected chi connectivity index (χ2v) is 5.01. The second-order valence-electron chi connectivity index (χ2n) is 4.61. The lowest BCUT2D eigenvalue weighted by molar-refractivity contribution is 0.144. The molecule has 0 aliphatic heterocycles. The Morgan fingerprint density at radius 2 is 2.19 bits per heavy atom. The van der Waals surface area contributed by atoms with Crippen molar-refractivity contribution in [2.75, 3.05) is 17.7 Å². The zero-order chi connectivity index (χ0) is 11.8. The first kappa shape index (κ1) is 11.6. The first-order chi connectivity index (χ1) is 7.56. The van der Waals surface area contributed by atoms with Crippen LogP contribution < -0.4 is 11.1 Å². The highest BCUT2D eigenvalue weighted by atomic mass is 35.5. The Balaban J connectivity index is 2.24. The molecule has 4 N–H and O–H groups in total. The van der Waals surface area contributed by atoms with Crippen LogP contribution in [0.15, 0.2) is 12.1 Å². The van der Waals surface area contributed by atoms with Crippen LogP contribution in [0.3, 0.4) is 0 Å². The highest BCUT2D eigenvalue weighted by molar-refractivity contribution is 6.33. The number of aliphatic hydroxyl groups excluding tert-OH is 1. The molecule has 1 aromatic rings. The maximum absolute atomic E-state index is 9.39. The van der Waals surface area contributed by atoms with Crippen LogP contribution in [-0.4, -0.2) is 17.3 Å². The average Bonchev–Trinajstić information content (AvgIpc) is 2.19. The lowest BCUT2D eigenvalue weighted by Crippen LogP contribution is -2.48. The molecule has 0 bridgehead atoms. The minimum Gasteiger partial charge on any atom is -0.398 e. The van der Waals surface area contributed by atoms with Crippen molar-refractivity contribution in [1.82, 2.24) is 0 Å². The van der Waals surface area contributed by atoms with Crippen LogP contribution >= 0.6 is 11.6 Å². The SMILES string of the molecule is Cc1cc(N)c(Cl)cc1NC1(CO)CCC1. The summed E-state index contributed by atoms with van der Waals surface area (Å²) < 4.78 is 0. The van der Waals surface area contributed by atoms with E-state index in [1.54, 1.807) is 0 Å². The smallest absolute Gasteiger partial charge is 0.0661 e. The number of hydrogen-bond acceptors (Lipinski definition) is 3. The van der Waals surface area contributed by atoms with Gasteiger partial charge in [-0.15, -0.1) is 0 Å². The van der Waals surface area contributed by atoms with E-state index in [1.807, 2.05) is 19.1 Å². The number of nitrogens with two attached hydrogens (primary N) is 1. The van der Waals surface area contributed by atoms with Crippen molar-refractivity contribution in [2.24, 2.45) is 0 Å². The summed E-state index contributed by atoms with van der Waals surface area (Å²) in [5.74, 6) is 0. The van der Waals surface area contributed by atoms with Gasteiger partial charge in [-0.2, -0.15) is 0 Å². The first-order valence-electron chi connectivity index (χ1n) is 5.51. The molecule has 16 heavy (non-hydrogen) atoms. The molecule has 0 saturated heterocycles. The Morgan fingerprint density at radius 3 is 2.69 bits per heavy atom. The minimum atomic E-state index is -0.149. The van der Waals surface area contributed by atoms with E-state index in [2.05, 4.69) is 5.32 Å². The number of hydrogen-bond donors (Lipinski definition) is 3. The summed E-state index contributed by atoms with van der Waals surface area (Å²) in [6.07, 6.45) is 3.17. The third-order valence-corrected chi connectivity index (χ3v) is 3.68. The van der Waals surface area contributed by atoms with Gasteiger partial charge in [0.05, 0.1) is 22.9 Å². The molecule has 1 aliphatic rings. The predicted octanol–water partition coefficient (Wildman–Crippen LogP) is 2.56. The number of nitrogen functional groups attached to an aromatic ring is 1. The molecule has 3 nitrogen and oxygen atoms in total. The highest BCUT2D eigenvalue weighted by Gasteiger charge is 2.36. The summed E-state index contributed by atoms with van der Waals surface area (Å²) in [6, 6.07) is 3.69. The van der Waals surface area contributed by atoms with Gasteiger partial charge in [0.2, 0.25) is 0 Å². The quantitative estimate of drug-likeness (QED) is 0.712. The van der Waals surface area contributed by atoms with Crippen LogP contribution in [0.4, 0.5) is 11.4 Å². The summed E-state index contributed by atoms with van der Waals surface area (Å²) >= 11 is 5.99. The van der Waals surface area contributed by atoms with Crippen LogP contribution in [0.2, 0.25) is 5.02 Å². The maximum atomic E-state index is 9.39. The van der Waals surface area contributed by atoms with Gasteiger partial charge in [-0.1, -0.05) is 11.6 Å². The van der Waals surface area contributed by atoms with Crippen molar-refractivity contribution in [2.45, 2.75) is 31.7 Å². The normalized spacial score (nSPS) is 17.9. The Hall–Kier alpha value is -0.930. The summed E-state index contributed by atoms with van der Waals surface area (Å²) in [4.78, 5) is 0. The number of nitrogens with one attached hydrogen (secondary N) is 1. The minimum absolute atomic E-state index is 0.149.